The summed E-state index contributed by atoms with van der Waals surface area (Å²) in [6.45, 7) is 2.82. The quantitative estimate of drug-likeness (QED) is 0.943. The van der Waals surface area contributed by atoms with Crippen LogP contribution in [0.5, 0.6) is 0 Å². The maximum atomic E-state index is 12.8. The van der Waals surface area contributed by atoms with Gasteiger partial charge in [-0.2, -0.15) is 0 Å². The zero-order valence-corrected chi connectivity index (χ0v) is 13.6. The van der Waals surface area contributed by atoms with Crippen LogP contribution in [0.3, 0.4) is 0 Å². The molecule has 5 nitrogen and oxygen atoms in total. The molecular weight excluding hydrogens is 288 g/mol. The fourth-order valence-corrected chi connectivity index (χ4v) is 2.88. The van der Waals surface area contributed by atoms with Gasteiger partial charge in [-0.1, -0.05) is 19.1 Å². The molecule has 5 heteroatoms. The van der Waals surface area contributed by atoms with Crippen LogP contribution in [0.4, 0.5) is 17.2 Å². The highest BCUT2D eigenvalue weighted by molar-refractivity contribution is 6.12. The number of nitrogens with zero attached hydrogens (tertiary/aromatic N) is 3. The molecule has 120 valence electrons. The largest absolute Gasteiger partial charge is 0.328 e. The third-order valence-electron chi connectivity index (χ3n) is 4.36. The highest BCUT2D eigenvalue weighted by atomic mass is 16.2. The van der Waals surface area contributed by atoms with Crippen molar-refractivity contribution in [1.82, 2.24) is 4.98 Å². The number of para-hydroxylation sites is 2. The second-order valence-electron chi connectivity index (χ2n) is 5.84. The second-order valence-corrected chi connectivity index (χ2v) is 5.84. The van der Waals surface area contributed by atoms with E-state index in [4.69, 9.17) is 5.73 Å². The van der Waals surface area contributed by atoms with E-state index in [1.807, 2.05) is 30.3 Å². The molecule has 1 amide bonds. The Bertz CT molecular complexity index is 716. The van der Waals surface area contributed by atoms with Crippen LogP contribution in [0, 0.1) is 0 Å². The van der Waals surface area contributed by atoms with Crippen LogP contribution in [-0.4, -0.2) is 30.5 Å². The molecule has 1 aromatic heterocycles. The monoisotopic (exact) mass is 310 g/mol. The Morgan fingerprint density at radius 3 is 2.65 bits per heavy atom. The Hall–Kier alpha value is -2.40. The summed E-state index contributed by atoms with van der Waals surface area (Å²) in [4.78, 5) is 21.1. The van der Waals surface area contributed by atoms with Crippen LogP contribution in [0.15, 0.2) is 42.6 Å². The van der Waals surface area contributed by atoms with Crippen LogP contribution in [0.25, 0.3) is 0 Å². The maximum absolute atomic E-state index is 12.8. The molecule has 1 unspecified atom stereocenters. The highest BCUT2D eigenvalue weighted by Gasteiger charge is 2.29. The van der Waals surface area contributed by atoms with Crippen molar-refractivity contribution in [3.63, 3.8) is 0 Å². The lowest BCUT2D eigenvalue weighted by Crippen LogP contribution is -2.28. The van der Waals surface area contributed by atoms with Gasteiger partial charge in [0.1, 0.15) is 5.82 Å². The summed E-state index contributed by atoms with van der Waals surface area (Å²) in [5.41, 5.74) is 8.60. The molecule has 0 radical (unpaired) electrons. The third-order valence-corrected chi connectivity index (χ3v) is 4.36. The van der Waals surface area contributed by atoms with Crippen LogP contribution in [0.1, 0.15) is 30.1 Å². The van der Waals surface area contributed by atoms with Crippen LogP contribution in [0.2, 0.25) is 0 Å². The first-order valence-corrected chi connectivity index (χ1v) is 7.98. The van der Waals surface area contributed by atoms with Gasteiger partial charge in [0, 0.05) is 25.8 Å². The van der Waals surface area contributed by atoms with Gasteiger partial charge >= 0.3 is 0 Å². The number of fused-ring (bicyclic) bond motifs is 2. The number of carbonyl (C=O) groups excluding carboxylic acids is 1. The van der Waals surface area contributed by atoms with Gasteiger partial charge in [0.15, 0.2) is 0 Å². The Morgan fingerprint density at radius 2 is 1.91 bits per heavy atom. The molecule has 3 rings (SSSR count). The van der Waals surface area contributed by atoms with Crippen molar-refractivity contribution < 1.29 is 4.79 Å². The van der Waals surface area contributed by atoms with Crippen molar-refractivity contribution in [2.24, 2.45) is 5.73 Å². The number of hydrogen-bond acceptors (Lipinski definition) is 4. The molecule has 1 aromatic carbocycles. The number of hydrogen-bond donors (Lipinski definition) is 1. The molecule has 0 saturated carbocycles. The van der Waals surface area contributed by atoms with Crippen LogP contribution in [-0.2, 0) is 0 Å². The average molecular weight is 310 g/mol. The lowest BCUT2D eigenvalue weighted by Gasteiger charge is -2.26. The maximum Gasteiger partial charge on any atom is 0.261 e. The Labute approximate surface area is 136 Å². The molecule has 0 fully saturated rings. The predicted octanol–water partition coefficient (Wildman–Crippen LogP) is 2.94. The van der Waals surface area contributed by atoms with Gasteiger partial charge in [0.25, 0.3) is 5.91 Å². The number of nitrogens with two attached hydrogens (primary N) is 1. The number of amides is 1. The molecule has 0 bridgehead atoms. The molecule has 0 aliphatic carbocycles. The van der Waals surface area contributed by atoms with E-state index in [2.05, 4.69) is 16.8 Å². The molecular formula is C18H22N4O. The topological polar surface area (TPSA) is 62.5 Å². The first-order chi connectivity index (χ1) is 11.1. The van der Waals surface area contributed by atoms with Crippen molar-refractivity contribution in [3.05, 3.63) is 48.2 Å². The van der Waals surface area contributed by atoms with E-state index < -0.39 is 0 Å². The van der Waals surface area contributed by atoms with Crippen molar-refractivity contribution >= 4 is 23.1 Å². The average Bonchev–Trinajstić information content (AvgIpc) is 2.68. The molecule has 2 heterocycles. The summed E-state index contributed by atoms with van der Waals surface area (Å²) in [7, 11) is 1.80. The van der Waals surface area contributed by atoms with E-state index in [9.17, 15) is 4.79 Å². The van der Waals surface area contributed by atoms with Crippen molar-refractivity contribution in [2.75, 3.05) is 23.4 Å². The molecule has 1 aliphatic rings. The number of pyridine rings is 1. The Morgan fingerprint density at radius 1 is 1.17 bits per heavy atom. The summed E-state index contributed by atoms with van der Waals surface area (Å²) in [6, 6.07) is 11.7. The minimum absolute atomic E-state index is 0.0390. The van der Waals surface area contributed by atoms with Gasteiger partial charge in [-0.05, 0) is 37.1 Å². The number of anilines is 3. The SMILES string of the molecule is CCC(N)CCN1c2ccccc2N(C)C(=O)c2cccnc21. The standard InChI is InChI=1S/C18H22N4O/c1-3-13(19)10-12-22-16-9-5-4-8-15(16)21(2)18(23)14-7-6-11-20-17(14)22/h4-9,11,13H,3,10,12,19H2,1-2H3. The van der Waals surface area contributed by atoms with Crippen molar-refractivity contribution in [2.45, 2.75) is 25.8 Å². The molecule has 0 saturated heterocycles. The van der Waals surface area contributed by atoms with Gasteiger partial charge < -0.3 is 15.5 Å². The smallest absolute Gasteiger partial charge is 0.261 e. The highest BCUT2D eigenvalue weighted by Crippen LogP contribution is 2.38. The Kier molecular flexibility index (Phi) is 4.30. The fraction of sp³-hybridized carbons (Fsp3) is 0.333. The predicted molar refractivity (Wildman–Crippen MR) is 93.3 cm³/mol. The first kappa shape index (κ1) is 15.5. The summed E-state index contributed by atoms with van der Waals surface area (Å²) in [5, 5.41) is 0. The van der Waals surface area contributed by atoms with E-state index in [1.165, 1.54) is 0 Å². The van der Waals surface area contributed by atoms with Gasteiger partial charge in [0.05, 0.1) is 16.9 Å². The number of benzene rings is 1. The minimum Gasteiger partial charge on any atom is -0.328 e. The zero-order chi connectivity index (χ0) is 16.4. The lowest BCUT2D eigenvalue weighted by atomic mass is 10.1. The number of rotatable bonds is 4. The van der Waals surface area contributed by atoms with Gasteiger partial charge in [0.2, 0.25) is 0 Å². The number of aromatic nitrogens is 1. The van der Waals surface area contributed by atoms with E-state index in [-0.39, 0.29) is 11.9 Å². The molecule has 2 N–H and O–H groups in total. The fourth-order valence-electron chi connectivity index (χ4n) is 2.88. The minimum atomic E-state index is -0.0390. The third kappa shape index (κ3) is 2.80. The Balaban J connectivity index is 2.11. The normalized spacial score (nSPS) is 15.0. The van der Waals surface area contributed by atoms with Crippen LogP contribution < -0.4 is 15.5 Å². The summed E-state index contributed by atoms with van der Waals surface area (Å²) in [5.74, 6) is 0.667. The molecule has 1 atom stereocenters. The first-order valence-electron chi connectivity index (χ1n) is 7.98. The number of carbonyl (C=O) groups is 1. The molecule has 0 spiro atoms. The molecule has 2 aromatic rings. The van der Waals surface area contributed by atoms with Crippen LogP contribution >= 0.6 is 0 Å². The lowest BCUT2D eigenvalue weighted by molar-refractivity contribution is 0.0994. The van der Waals surface area contributed by atoms with E-state index in [0.717, 1.165) is 30.8 Å². The van der Waals surface area contributed by atoms with Gasteiger partial charge in [-0.15, -0.1) is 0 Å². The molecule has 23 heavy (non-hydrogen) atoms. The van der Waals surface area contributed by atoms with Crippen molar-refractivity contribution in [1.29, 1.82) is 0 Å². The summed E-state index contributed by atoms with van der Waals surface area (Å²) < 4.78 is 0. The second kappa shape index (κ2) is 6.38. The van der Waals surface area contributed by atoms with E-state index in [0.29, 0.717) is 11.4 Å². The summed E-state index contributed by atoms with van der Waals surface area (Å²) in [6.07, 6.45) is 3.51. The van der Waals surface area contributed by atoms with Crippen molar-refractivity contribution in [3.8, 4) is 0 Å². The zero-order valence-electron chi connectivity index (χ0n) is 13.6. The summed E-state index contributed by atoms with van der Waals surface area (Å²) >= 11 is 0. The van der Waals surface area contributed by atoms with Gasteiger partial charge in [-0.3, -0.25) is 4.79 Å². The molecule has 1 aliphatic heterocycles. The van der Waals surface area contributed by atoms with E-state index in [1.54, 1.807) is 24.2 Å². The van der Waals surface area contributed by atoms with Gasteiger partial charge in [-0.25, -0.2) is 4.98 Å². The van der Waals surface area contributed by atoms with E-state index >= 15 is 0 Å².